The molecule has 1 unspecified atom stereocenters. The van der Waals surface area contributed by atoms with Crippen LogP contribution in [0.5, 0.6) is 0 Å². The van der Waals surface area contributed by atoms with Crippen LogP contribution in [0.2, 0.25) is 0 Å². The zero-order valence-electron chi connectivity index (χ0n) is 25.3. The highest BCUT2D eigenvalue weighted by Crippen LogP contribution is 2.24. The summed E-state index contributed by atoms with van der Waals surface area (Å²) in [5.74, 6) is -1.46. The molecule has 0 aliphatic carbocycles. The third kappa shape index (κ3) is 8.47. The van der Waals surface area contributed by atoms with Gasteiger partial charge in [-0.1, -0.05) is 45.6 Å². The number of carbonyl (C=O) groups is 3. The molecule has 1 aromatic carbocycles. The molecular formula is C32H45N5O5. The summed E-state index contributed by atoms with van der Waals surface area (Å²) in [5.41, 5.74) is 4.60. The van der Waals surface area contributed by atoms with Crippen molar-refractivity contribution in [2.24, 2.45) is 11.8 Å². The van der Waals surface area contributed by atoms with E-state index in [1.165, 1.54) is 5.01 Å². The van der Waals surface area contributed by atoms with Gasteiger partial charge in [0.15, 0.2) is 0 Å². The molecular weight excluding hydrogens is 534 g/mol. The number of hydrogen-bond acceptors (Lipinski definition) is 8. The summed E-state index contributed by atoms with van der Waals surface area (Å²) in [6, 6.07) is 5.49. The number of allylic oxidation sites excluding steroid dienone is 1. The van der Waals surface area contributed by atoms with Crippen molar-refractivity contribution in [3.63, 3.8) is 0 Å². The molecule has 0 spiro atoms. The maximum Gasteiger partial charge on any atom is 0.325 e. The average Bonchev–Trinajstić information content (AvgIpc) is 2.98. The second kappa shape index (κ2) is 15.0. The fraction of sp³-hybridized carbons (Fsp3) is 0.500. The van der Waals surface area contributed by atoms with Crippen molar-refractivity contribution in [1.82, 2.24) is 26.1 Å². The summed E-state index contributed by atoms with van der Waals surface area (Å²) in [7, 11) is 0. The number of hydrogen-bond donors (Lipinski definition) is 4. The SMILES string of the molecule is C=CC[C@@H](C)C(O)N[C@H](C(=O)N[C@@H](C)C(=O)N1CCC[C@@H](C(=O)O[C@H](C)c2ccc3cnc(C=C)cc3c2)N1)C(C)C. The number of amides is 2. The molecule has 4 N–H and O–H groups in total. The van der Waals surface area contributed by atoms with Crippen molar-refractivity contribution in [1.29, 1.82) is 0 Å². The minimum absolute atomic E-state index is 0.129. The molecule has 228 valence electrons. The van der Waals surface area contributed by atoms with Gasteiger partial charge in [-0.15, -0.1) is 6.58 Å². The molecule has 10 heteroatoms. The molecule has 1 saturated heterocycles. The van der Waals surface area contributed by atoms with Crippen molar-refractivity contribution in [2.75, 3.05) is 6.54 Å². The van der Waals surface area contributed by atoms with Gasteiger partial charge in [-0.25, -0.2) is 5.43 Å². The maximum atomic E-state index is 13.2. The first-order valence-electron chi connectivity index (χ1n) is 14.6. The van der Waals surface area contributed by atoms with Gasteiger partial charge in [0.05, 0.1) is 11.7 Å². The highest BCUT2D eigenvalue weighted by Gasteiger charge is 2.34. The number of benzene rings is 1. The van der Waals surface area contributed by atoms with Gasteiger partial charge in [-0.3, -0.25) is 29.7 Å². The third-order valence-electron chi connectivity index (χ3n) is 7.58. The van der Waals surface area contributed by atoms with Gasteiger partial charge in [0.2, 0.25) is 5.91 Å². The lowest BCUT2D eigenvalue weighted by Gasteiger charge is -2.35. The Kier molecular flexibility index (Phi) is 11.8. The third-order valence-corrected chi connectivity index (χ3v) is 7.58. The number of esters is 1. The number of aromatic nitrogens is 1. The summed E-state index contributed by atoms with van der Waals surface area (Å²) >= 11 is 0. The molecule has 2 heterocycles. The van der Waals surface area contributed by atoms with Crippen LogP contribution in [0, 0.1) is 11.8 Å². The molecule has 0 saturated carbocycles. The number of nitrogens with zero attached hydrogens (tertiary/aromatic N) is 2. The molecule has 2 amide bonds. The van der Waals surface area contributed by atoms with E-state index in [9.17, 15) is 19.5 Å². The van der Waals surface area contributed by atoms with Crippen LogP contribution in [0.1, 0.15) is 71.2 Å². The van der Waals surface area contributed by atoms with Crippen LogP contribution in [0.15, 0.2) is 49.7 Å². The molecule has 3 rings (SSSR count). The van der Waals surface area contributed by atoms with Gasteiger partial charge in [0, 0.05) is 18.1 Å². The normalized spacial score (nSPS) is 18.9. The Hall–Kier alpha value is -3.60. The Bertz CT molecular complexity index is 1280. The van der Waals surface area contributed by atoms with E-state index in [0.29, 0.717) is 25.8 Å². The van der Waals surface area contributed by atoms with Crippen LogP contribution in [0.4, 0.5) is 0 Å². The van der Waals surface area contributed by atoms with E-state index in [1.54, 1.807) is 25.3 Å². The van der Waals surface area contributed by atoms with Crippen molar-refractivity contribution in [2.45, 2.75) is 84.3 Å². The first-order valence-corrected chi connectivity index (χ1v) is 14.6. The predicted molar refractivity (Wildman–Crippen MR) is 164 cm³/mol. The molecule has 1 fully saturated rings. The number of pyridine rings is 1. The van der Waals surface area contributed by atoms with Crippen LogP contribution >= 0.6 is 0 Å². The number of ether oxygens (including phenoxy) is 1. The zero-order chi connectivity index (χ0) is 31.0. The second-order valence-corrected chi connectivity index (χ2v) is 11.4. The lowest BCUT2D eigenvalue weighted by Crippen LogP contribution is -2.61. The van der Waals surface area contributed by atoms with Crippen LogP contribution < -0.4 is 16.1 Å². The van der Waals surface area contributed by atoms with Gasteiger partial charge in [-0.2, -0.15) is 0 Å². The number of aliphatic hydroxyl groups is 1. The van der Waals surface area contributed by atoms with E-state index in [1.807, 2.05) is 52.0 Å². The first-order chi connectivity index (χ1) is 19.9. The Balaban J connectivity index is 1.58. The largest absolute Gasteiger partial charge is 0.457 e. The average molecular weight is 580 g/mol. The Morgan fingerprint density at radius 2 is 1.90 bits per heavy atom. The molecule has 42 heavy (non-hydrogen) atoms. The highest BCUT2D eigenvalue weighted by molar-refractivity contribution is 5.90. The van der Waals surface area contributed by atoms with E-state index in [2.05, 4.69) is 34.2 Å². The van der Waals surface area contributed by atoms with Gasteiger partial charge in [0.25, 0.3) is 5.91 Å². The number of rotatable bonds is 13. The summed E-state index contributed by atoms with van der Waals surface area (Å²) in [4.78, 5) is 43.7. The molecule has 6 atom stereocenters. The fourth-order valence-electron chi connectivity index (χ4n) is 4.89. The molecule has 1 aliphatic rings. The predicted octanol–water partition coefficient (Wildman–Crippen LogP) is 3.63. The Morgan fingerprint density at radius 3 is 2.57 bits per heavy atom. The van der Waals surface area contributed by atoms with Crippen molar-refractivity contribution in [3.05, 3.63) is 61.0 Å². The molecule has 2 aromatic rings. The number of aliphatic hydroxyl groups excluding tert-OH is 1. The summed E-state index contributed by atoms with van der Waals surface area (Å²) in [6.45, 7) is 16.9. The van der Waals surface area contributed by atoms with Crippen molar-refractivity contribution < 1.29 is 24.2 Å². The van der Waals surface area contributed by atoms with Gasteiger partial charge >= 0.3 is 5.97 Å². The lowest BCUT2D eigenvalue weighted by molar-refractivity contribution is -0.157. The topological polar surface area (TPSA) is 133 Å². The summed E-state index contributed by atoms with van der Waals surface area (Å²) in [6.07, 6.45) is 5.48. The molecule has 0 bridgehead atoms. The summed E-state index contributed by atoms with van der Waals surface area (Å²) in [5, 5.41) is 19.5. The van der Waals surface area contributed by atoms with Crippen LogP contribution in [-0.4, -0.2) is 63.8 Å². The van der Waals surface area contributed by atoms with E-state index < -0.39 is 36.4 Å². The van der Waals surface area contributed by atoms with Crippen LogP contribution in [-0.2, 0) is 19.1 Å². The second-order valence-electron chi connectivity index (χ2n) is 11.4. The van der Waals surface area contributed by atoms with Gasteiger partial charge < -0.3 is 15.2 Å². The standard InChI is InChI=1S/C32H45N5O5/c1-8-11-20(5)29(38)35-28(19(3)4)30(39)34-21(6)31(40)37-15-10-12-27(36-37)32(41)42-22(7)23-13-14-24-18-33-26(9-2)17-25(24)16-23/h8-9,13-14,16-22,27-29,35-36,38H,1-2,10-12,15H2,3-7H3,(H,34,39)/t20-,21+,22-,27+,28+,29?/m1/s1. The van der Waals surface area contributed by atoms with E-state index in [-0.39, 0.29) is 23.7 Å². The summed E-state index contributed by atoms with van der Waals surface area (Å²) < 4.78 is 5.78. The quantitative estimate of drug-likeness (QED) is 0.161. The molecule has 1 aliphatic heterocycles. The number of fused-ring (bicyclic) bond motifs is 1. The molecule has 1 aromatic heterocycles. The Labute approximate surface area is 248 Å². The van der Waals surface area contributed by atoms with E-state index in [4.69, 9.17) is 4.74 Å². The van der Waals surface area contributed by atoms with E-state index >= 15 is 0 Å². The number of nitrogens with one attached hydrogen (secondary N) is 3. The Morgan fingerprint density at radius 1 is 1.17 bits per heavy atom. The molecule has 0 radical (unpaired) electrons. The van der Waals surface area contributed by atoms with Gasteiger partial charge in [-0.05, 0) is 74.1 Å². The number of carbonyl (C=O) groups excluding carboxylic acids is 3. The zero-order valence-corrected chi connectivity index (χ0v) is 25.3. The monoisotopic (exact) mass is 579 g/mol. The first kappa shape index (κ1) is 32.9. The number of hydrazine groups is 1. The lowest BCUT2D eigenvalue weighted by atomic mass is 10.00. The van der Waals surface area contributed by atoms with Crippen molar-refractivity contribution in [3.8, 4) is 0 Å². The minimum Gasteiger partial charge on any atom is -0.457 e. The van der Waals surface area contributed by atoms with E-state index in [0.717, 1.165) is 22.0 Å². The smallest absolute Gasteiger partial charge is 0.325 e. The maximum absolute atomic E-state index is 13.2. The van der Waals surface area contributed by atoms with Crippen LogP contribution in [0.3, 0.4) is 0 Å². The van der Waals surface area contributed by atoms with Crippen LogP contribution in [0.25, 0.3) is 16.8 Å². The minimum atomic E-state index is -0.902. The fourth-order valence-corrected chi connectivity index (χ4v) is 4.89. The molecule has 10 nitrogen and oxygen atoms in total. The van der Waals surface area contributed by atoms with Gasteiger partial charge in [0.1, 0.15) is 24.4 Å². The van der Waals surface area contributed by atoms with Crippen molar-refractivity contribution >= 4 is 34.6 Å². The highest BCUT2D eigenvalue weighted by atomic mass is 16.5.